The first-order valence-corrected chi connectivity index (χ1v) is 4.48. The topological polar surface area (TPSA) is 50.4 Å². The van der Waals surface area contributed by atoms with Gasteiger partial charge in [0, 0.05) is 10.9 Å². The predicted octanol–water partition coefficient (Wildman–Crippen LogP) is 2.51. The Balaban J connectivity index is 2.68. The molecule has 3 nitrogen and oxygen atoms in total. The van der Waals surface area contributed by atoms with E-state index in [9.17, 15) is 9.18 Å². The maximum absolute atomic E-state index is 13.3. The number of para-hydroxylation sites is 1. The van der Waals surface area contributed by atoms with Gasteiger partial charge in [-0.15, -0.1) is 0 Å². The number of carboxylic acid groups (broad SMARTS) is 1. The van der Waals surface area contributed by atoms with Gasteiger partial charge in [-0.1, -0.05) is 12.1 Å². The normalized spacial score (nSPS) is 10.8. The van der Waals surface area contributed by atoms with E-state index in [4.69, 9.17) is 9.52 Å². The molecule has 15 heavy (non-hydrogen) atoms. The van der Waals surface area contributed by atoms with E-state index in [1.54, 1.807) is 13.0 Å². The van der Waals surface area contributed by atoms with E-state index in [1.165, 1.54) is 12.1 Å². The minimum Gasteiger partial charge on any atom is -0.481 e. The molecular formula is C11H9FO3. The molecule has 0 radical (unpaired) electrons. The number of carbonyl (C=O) groups is 1. The van der Waals surface area contributed by atoms with Crippen LogP contribution < -0.4 is 0 Å². The van der Waals surface area contributed by atoms with Gasteiger partial charge in [0.15, 0.2) is 11.4 Å². The van der Waals surface area contributed by atoms with Gasteiger partial charge in [0.25, 0.3) is 0 Å². The molecule has 2 aromatic rings. The van der Waals surface area contributed by atoms with Gasteiger partial charge < -0.3 is 9.52 Å². The Morgan fingerprint density at radius 3 is 2.93 bits per heavy atom. The van der Waals surface area contributed by atoms with E-state index in [0.717, 1.165) is 0 Å². The first kappa shape index (κ1) is 9.71. The lowest BCUT2D eigenvalue weighted by molar-refractivity contribution is -0.136. The van der Waals surface area contributed by atoms with Crippen LogP contribution in [0.2, 0.25) is 0 Å². The van der Waals surface area contributed by atoms with Gasteiger partial charge in [-0.25, -0.2) is 4.39 Å². The summed E-state index contributed by atoms with van der Waals surface area (Å²) in [7, 11) is 0. The molecule has 0 amide bonds. The number of hydrogen-bond donors (Lipinski definition) is 1. The number of aliphatic carboxylic acids is 1. The lowest BCUT2D eigenvalue weighted by atomic mass is 10.1. The Morgan fingerprint density at radius 2 is 2.27 bits per heavy atom. The van der Waals surface area contributed by atoms with Gasteiger partial charge in [-0.05, 0) is 13.0 Å². The lowest BCUT2D eigenvalue weighted by Gasteiger charge is -1.94. The molecule has 0 spiro atoms. The number of halogens is 1. The highest BCUT2D eigenvalue weighted by molar-refractivity contribution is 5.86. The fraction of sp³-hybridized carbons (Fsp3) is 0.182. The van der Waals surface area contributed by atoms with Gasteiger partial charge in [0.1, 0.15) is 5.76 Å². The molecule has 0 unspecified atom stereocenters. The number of hydrogen-bond acceptors (Lipinski definition) is 2. The third kappa shape index (κ3) is 1.58. The third-order valence-corrected chi connectivity index (χ3v) is 2.30. The average molecular weight is 208 g/mol. The highest BCUT2D eigenvalue weighted by Crippen LogP contribution is 2.27. The summed E-state index contributed by atoms with van der Waals surface area (Å²) in [4.78, 5) is 10.6. The van der Waals surface area contributed by atoms with Crippen LogP contribution in [-0.4, -0.2) is 11.1 Å². The Hall–Kier alpha value is -1.84. The molecule has 1 heterocycles. The molecule has 1 aromatic carbocycles. The van der Waals surface area contributed by atoms with Crippen molar-refractivity contribution in [3.63, 3.8) is 0 Å². The first-order valence-electron chi connectivity index (χ1n) is 4.48. The van der Waals surface area contributed by atoms with Gasteiger partial charge in [-0.2, -0.15) is 0 Å². The second-order valence-electron chi connectivity index (χ2n) is 3.32. The summed E-state index contributed by atoms with van der Waals surface area (Å²) >= 11 is 0. The summed E-state index contributed by atoms with van der Waals surface area (Å²) in [5, 5.41) is 9.24. The quantitative estimate of drug-likeness (QED) is 0.824. The number of aryl methyl sites for hydroxylation is 1. The molecule has 0 saturated heterocycles. The van der Waals surface area contributed by atoms with Crippen molar-refractivity contribution >= 4 is 16.9 Å². The molecule has 4 heteroatoms. The average Bonchev–Trinajstić information content (AvgIpc) is 2.45. The van der Waals surface area contributed by atoms with E-state index in [-0.39, 0.29) is 12.0 Å². The van der Waals surface area contributed by atoms with Crippen molar-refractivity contribution in [3.8, 4) is 0 Å². The number of benzene rings is 1. The number of fused-ring (bicyclic) bond motifs is 1. The van der Waals surface area contributed by atoms with Crippen molar-refractivity contribution in [1.29, 1.82) is 0 Å². The zero-order valence-corrected chi connectivity index (χ0v) is 8.08. The van der Waals surface area contributed by atoms with Crippen molar-refractivity contribution in [3.05, 3.63) is 35.3 Å². The fourth-order valence-electron chi connectivity index (χ4n) is 1.63. The van der Waals surface area contributed by atoms with Crippen molar-refractivity contribution < 1.29 is 18.7 Å². The summed E-state index contributed by atoms with van der Waals surface area (Å²) < 4.78 is 18.5. The SMILES string of the molecule is Cc1oc2c(F)cccc2c1CC(=O)O. The van der Waals surface area contributed by atoms with E-state index in [1.807, 2.05) is 0 Å². The third-order valence-electron chi connectivity index (χ3n) is 2.30. The first-order chi connectivity index (χ1) is 7.09. The Kier molecular flexibility index (Phi) is 2.19. The minimum atomic E-state index is -0.954. The van der Waals surface area contributed by atoms with E-state index in [0.29, 0.717) is 16.7 Å². The molecule has 0 fully saturated rings. The molecular weight excluding hydrogens is 199 g/mol. The zero-order valence-electron chi connectivity index (χ0n) is 8.08. The number of carboxylic acids is 1. The highest BCUT2D eigenvalue weighted by Gasteiger charge is 2.15. The summed E-state index contributed by atoms with van der Waals surface area (Å²) in [6, 6.07) is 4.49. The molecule has 0 atom stereocenters. The minimum absolute atomic E-state index is 0.131. The van der Waals surface area contributed by atoms with Crippen LogP contribution in [0.4, 0.5) is 4.39 Å². The fourth-order valence-corrected chi connectivity index (χ4v) is 1.63. The van der Waals surface area contributed by atoms with Gasteiger partial charge in [0.2, 0.25) is 0 Å². The molecule has 1 aromatic heterocycles. The van der Waals surface area contributed by atoms with Crippen LogP contribution in [0.1, 0.15) is 11.3 Å². The summed E-state index contributed by atoms with van der Waals surface area (Å²) in [5.41, 5.74) is 0.670. The van der Waals surface area contributed by atoms with Crippen LogP contribution >= 0.6 is 0 Å². The Morgan fingerprint density at radius 1 is 1.53 bits per heavy atom. The van der Waals surface area contributed by atoms with Crippen LogP contribution in [0, 0.1) is 12.7 Å². The monoisotopic (exact) mass is 208 g/mol. The molecule has 0 aliphatic rings. The molecule has 0 bridgehead atoms. The van der Waals surface area contributed by atoms with Gasteiger partial charge in [-0.3, -0.25) is 4.79 Å². The predicted molar refractivity (Wildman–Crippen MR) is 52.2 cm³/mol. The van der Waals surface area contributed by atoms with E-state index >= 15 is 0 Å². The smallest absolute Gasteiger partial charge is 0.307 e. The molecule has 1 N–H and O–H groups in total. The van der Waals surface area contributed by atoms with Crippen molar-refractivity contribution in [1.82, 2.24) is 0 Å². The molecule has 0 aliphatic heterocycles. The molecule has 0 aliphatic carbocycles. The van der Waals surface area contributed by atoms with Crippen LogP contribution in [0.5, 0.6) is 0 Å². The van der Waals surface area contributed by atoms with Crippen LogP contribution in [0.25, 0.3) is 11.0 Å². The van der Waals surface area contributed by atoms with Crippen LogP contribution in [-0.2, 0) is 11.2 Å². The van der Waals surface area contributed by atoms with E-state index < -0.39 is 11.8 Å². The maximum Gasteiger partial charge on any atom is 0.307 e. The van der Waals surface area contributed by atoms with E-state index in [2.05, 4.69) is 0 Å². The van der Waals surface area contributed by atoms with Crippen LogP contribution in [0.15, 0.2) is 22.6 Å². The molecule has 78 valence electrons. The molecule has 2 rings (SSSR count). The second kappa shape index (κ2) is 3.38. The number of rotatable bonds is 2. The summed E-state index contributed by atoms with van der Waals surface area (Å²) in [6.07, 6.45) is -0.151. The highest BCUT2D eigenvalue weighted by atomic mass is 19.1. The summed E-state index contributed by atoms with van der Waals surface area (Å²) in [6.45, 7) is 1.64. The second-order valence-corrected chi connectivity index (χ2v) is 3.32. The van der Waals surface area contributed by atoms with Crippen molar-refractivity contribution in [2.45, 2.75) is 13.3 Å². The standard InChI is InChI=1S/C11H9FO3/c1-6-8(5-10(13)14)7-3-2-4-9(12)11(7)15-6/h2-4H,5H2,1H3,(H,13,14). The molecule has 0 saturated carbocycles. The van der Waals surface area contributed by atoms with Crippen molar-refractivity contribution in [2.75, 3.05) is 0 Å². The number of furan rings is 1. The Labute approximate surface area is 85.1 Å². The summed E-state index contributed by atoms with van der Waals surface area (Å²) in [5.74, 6) is -0.963. The maximum atomic E-state index is 13.3. The Bertz CT molecular complexity index is 528. The van der Waals surface area contributed by atoms with Crippen LogP contribution in [0.3, 0.4) is 0 Å². The van der Waals surface area contributed by atoms with Crippen molar-refractivity contribution in [2.24, 2.45) is 0 Å². The lowest BCUT2D eigenvalue weighted by Crippen LogP contribution is -2.00. The van der Waals surface area contributed by atoms with Gasteiger partial charge >= 0.3 is 5.97 Å². The van der Waals surface area contributed by atoms with Gasteiger partial charge in [0.05, 0.1) is 6.42 Å². The largest absolute Gasteiger partial charge is 0.481 e. The zero-order chi connectivity index (χ0) is 11.0.